The molecule has 1 unspecified atom stereocenters. The van der Waals surface area contributed by atoms with Crippen molar-refractivity contribution < 1.29 is 37.7 Å². The van der Waals surface area contributed by atoms with E-state index < -0.39 is 29.2 Å². The minimum atomic E-state index is -1.22. The summed E-state index contributed by atoms with van der Waals surface area (Å²) >= 11 is 1.35. The summed E-state index contributed by atoms with van der Waals surface area (Å²) < 4.78 is 12.2. The lowest BCUT2D eigenvalue weighted by Gasteiger charge is -2.49. The number of furan rings is 1. The number of hydrogen-bond donors (Lipinski definition) is 3. The summed E-state index contributed by atoms with van der Waals surface area (Å²) in [5.41, 5.74) is 7.19. The third kappa shape index (κ3) is 3.86. The molecule has 1 saturated heterocycles. The summed E-state index contributed by atoms with van der Waals surface area (Å²) in [6, 6.07) is 4.27. The van der Waals surface area contributed by atoms with Gasteiger partial charge in [-0.15, -0.1) is 11.8 Å². The number of nitrogens with two attached hydrogens (primary N) is 1. The number of nitrogens with zero attached hydrogens (tertiary/aromatic N) is 4. The largest absolute Gasteiger partial charge is 0.477 e. The number of hydrogen-bond acceptors (Lipinski definition) is 10. The van der Waals surface area contributed by atoms with Crippen LogP contribution in [0.2, 0.25) is 0 Å². The second-order valence-corrected chi connectivity index (χ2v) is 8.72. The van der Waals surface area contributed by atoms with Crippen LogP contribution in [0.4, 0.5) is 6.01 Å². The Hall–Kier alpha value is -4.33. The van der Waals surface area contributed by atoms with Crippen LogP contribution in [-0.2, 0) is 25.8 Å². The van der Waals surface area contributed by atoms with Gasteiger partial charge in [0.15, 0.2) is 24.0 Å². The molecule has 2 amide bonds. The van der Waals surface area contributed by atoms with Crippen LogP contribution in [0.5, 0.6) is 0 Å². The van der Waals surface area contributed by atoms with Gasteiger partial charge in [-0.25, -0.2) is 4.79 Å². The van der Waals surface area contributed by atoms with Crippen molar-refractivity contribution >= 4 is 52.4 Å². The molecule has 5 heterocycles. The van der Waals surface area contributed by atoms with Crippen molar-refractivity contribution in [1.82, 2.24) is 15.2 Å². The molecule has 2 atom stereocenters. The molecule has 13 nitrogen and oxygen atoms in total. The molecule has 0 bridgehead atoms. The van der Waals surface area contributed by atoms with Gasteiger partial charge in [0.05, 0.1) is 6.26 Å². The van der Waals surface area contributed by atoms with Gasteiger partial charge in [0.1, 0.15) is 36.2 Å². The summed E-state index contributed by atoms with van der Waals surface area (Å²) in [7, 11) is 1.25. The standard InChI is InChI=1S/C21H18N6O7S/c1-32-25-14(11-8-34-21(22)23-11)17(28)24-15-18(29)27-16(20(30)31)10(9-35-19(15)27)7-26-5-2-3-13-12(26)4-6-33-13/h2-6,8,15,19H,7,9H2,1H3,(H3-,22,23,24,28,30,31)/p+1/t15?,19-/m0/s1. The van der Waals surface area contributed by atoms with Crippen LogP contribution in [0.15, 0.2) is 62.2 Å². The molecule has 35 heavy (non-hydrogen) atoms. The smallest absolute Gasteiger partial charge is 0.352 e. The fourth-order valence-electron chi connectivity index (χ4n) is 4.04. The molecule has 0 radical (unpaired) electrons. The first-order valence-electron chi connectivity index (χ1n) is 10.3. The van der Waals surface area contributed by atoms with Crippen molar-refractivity contribution in [3.63, 3.8) is 0 Å². The Morgan fingerprint density at radius 2 is 2.26 bits per heavy atom. The predicted molar refractivity (Wildman–Crippen MR) is 121 cm³/mol. The highest BCUT2D eigenvalue weighted by Gasteiger charge is 2.54. The molecule has 5 rings (SSSR count). The van der Waals surface area contributed by atoms with Crippen molar-refractivity contribution in [3.8, 4) is 0 Å². The third-order valence-corrected chi connectivity index (χ3v) is 6.90. The van der Waals surface area contributed by atoms with Crippen molar-refractivity contribution in [2.75, 3.05) is 18.6 Å². The Morgan fingerprint density at radius 1 is 1.43 bits per heavy atom. The lowest BCUT2D eigenvalue weighted by atomic mass is 10.0. The molecule has 3 aromatic heterocycles. The number of nitrogen functional groups attached to an aromatic ring is 1. The van der Waals surface area contributed by atoms with Crippen LogP contribution in [0.3, 0.4) is 0 Å². The average molecular weight is 499 g/mol. The van der Waals surface area contributed by atoms with E-state index in [1.165, 1.54) is 23.8 Å². The van der Waals surface area contributed by atoms with E-state index in [4.69, 9.17) is 19.4 Å². The number of β-lactam (4-membered cyclic amide) rings is 1. The number of rotatable bonds is 7. The molecule has 0 aromatic carbocycles. The maximum Gasteiger partial charge on any atom is 0.352 e. The van der Waals surface area contributed by atoms with E-state index in [-0.39, 0.29) is 29.7 Å². The number of oxime groups is 1. The van der Waals surface area contributed by atoms with Gasteiger partial charge in [0.25, 0.3) is 23.3 Å². The highest BCUT2D eigenvalue weighted by atomic mass is 32.2. The number of nitrogens with one attached hydrogen (secondary N) is 1. The van der Waals surface area contributed by atoms with E-state index in [2.05, 4.69) is 15.5 Å². The van der Waals surface area contributed by atoms with Gasteiger partial charge in [-0.05, 0) is 6.07 Å². The molecule has 4 N–H and O–H groups in total. The highest BCUT2D eigenvalue weighted by molar-refractivity contribution is 8.00. The number of thioether (sulfide) groups is 1. The van der Waals surface area contributed by atoms with Crippen LogP contribution >= 0.6 is 11.8 Å². The Morgan fingerprint density at radius 3 is 2.97 bits per heavy atom. The lowest BCUT2D eigenvalue weighted by Crippen LogP contribution is -2.71. The summed E-state index contributed by atoms with van der Waals surface area (Å²) in [6.07, 6.45) is 4.50. The minimum Gasteiger partial charge on any atom is -0.477 e. The summed E-state index contributed by atoms with van der Waals surface area (Å²) in [6.45, 7) is 0.261. The van der Waals surface area contributed by atoms with E-state index in [1.54, 1.807) is 18.4 Å². The normalized spacial score (nSPS) is 20.0. The molecular weight excluding hydrogens is 480 g/mol. The fourth-order valence-corrected chi connectivity index (χ4v) is 5.38. The molecule has 2 aliphatic rings. The molecule has 3 aromatic rings. The number of carbonyl (C=O) groups excluding carboxylic acids is 2. The monoisotopic (exact) mass is 499 g/mol. The fraction of sp³-hybridized carbons (Fsp3) is 0.238. The third-order valence-electron chi connectivity index (χ3n) is 5.56. The van der Waals surface area contributed by atoms with Crippen molar-refractivity contribution in [1.29, 1.82) is 0 Å². The molecule has 0 aliphatic carbocycles. The Kier molecular flexibility index (Phi) is 5.64. The van der Waals surface area contributed by atoms with Crippen LogP contribution in [-0.4, -0.2) is 62.8 Å². The van der Waals surface area contributed by atoms with E-state index in [0.29, 0.717) is 16.9 Å². The first kappa shape index (κ1) is 22.5. The van der Waals surface area contributed by atoms with Crippen LogP contribution in [0.25, 0.3) is 11.1 Å². The van der Waals surface area contributed by atoms with E-state index in [0.717, 1.165) is 11.8 Å². The number of anilines is 1. The Labute approximate surface area is 201 Å². The molecule has 0 saturated carbocycles. The quantitative estimate of drug-likeness (QED) is 0.175. The van der Waals surface area contributed by atoms with Gasteiger partial charge in [-0.1, -0.05) is 5.16 Å². The zero-order chi connectivity index (χ0) is 24.7. The molecular formula is C21H19N6O7S+. The molecule has 1 fully saturated rings. The van der Waals surface area contributed by atoms with Gasteiger partial charge in [-0.3, -0.25) is 14.5 Å². The molecule has 2 aliphatic heterocycles. The second kappa shape index (κ2) is 8.79. The molecule has 0 spiro atoms. The van der Waals surface area contributed by atoms with E-state index >= 15 is 0 Å². The number of oxazole rings is 1. The van der Waals surface area contributed by atoms with Crippen molar-refractivity contribution in [2.45, 2.75) is 18.0 Å². The van der Waals surface area contributed by atoms with Crippen LogP contribution in [0.1, 0.15) is 5.69 Å². The van der Waals surface area contributed by atoms with E-state index in [1.807, 2.05) is 16.8 Å². The zero-order valence-corrected chi connectivity index (χ0v) is 19.0. The Bertz CT molecular complexity index is 1410. The molecule has 14 heteroatoms. The van der Waals surface area contributed by atoms with Gasteiger partial charge in [0.2, 0.25) is 0 Å². The van der Waals surface area contributed by atoms with Gasteiger partial charge in [0, 0.05) is 23.5 Å². The molecule has 180 valence electrons. The van der Waals surface area contributed by atoms with E-state index in [9.17, 15) is 19.5 Å². The minimum absolute atomic E-state index is 0.0284. The second-order valence-electron chi connectivity index (χ2n) is 7.62. The summed E-state index contributed by atoms with van der Waals surface area (Å²) in [4.78, 5) is 47.7. The Balaban J connectivity index is 1.38. The summed E-state index contributed by atoms with van der Waals surface area (Å²) in [5.74, 6) is -2.16. The SMILES string of the molecule is CON=C(C(=O)NC1C(=O)N2C(C(=O)O)=C(C[n+]3cccc4occc43)CS[C@@H]12)c1coc(N)n1. The number of carbonyl (C=O) groups is 3. The van der Waals surface area contributed by atoms with Crippen LogP contribution < -0.4 is 15.6 Å². The van der Waals surface area contributed by atoms with Crippen molar-refractivity contribution in [3.05, 3.63) is 53.9 Å². The number of amides is 2. The predicted octanol–water partition coefficient (Wildman–Crippen LogP) is 0.0798. The first-order valence-corrected chi connectivity index (χ1v) is 11.3. The topological polar surface area (TPSA) is 177 Å². The number of aromatic nitrogens is 2. The number of pyridine rings is 1. The first-order chi connectivity index (χ1) is 16.9. The van der Waals surface area contributed by atoms with Gasteiger partial charge >= 0.3 is 5.97 Å². The number of aliphatic carboxylic acids is 1. The van der Waals surface area contributed by atoms with Gasteiger partial charge < -0.3 is 29.8 Å². The zero-order valence-electron chi connectivity index (χ0n) is 18.2. The number of fused-ring (bicyclic) bond motifs is 2. The van der Waals surface area contributed by atoms with Crippen LogP contribution in [0, 0.1) is 0 Å². The van der Waals surface area contributed by atoms with Crippen molar-refractivity contribution in [2.24, 2.45) is 5.16 Å². The number of carboxylic acids is 1. The number of carboxylic acid groups (broad SMARTS) is 1. The average Bonchev–Trinajstić information content (AvgIpc) is 3.49. The lowest BCUT2D eigenvalue weighted by molar-refractivity contribution is -0.663. The maximum atomic E-state index is 13.0. The van der Waals surface area contributed by atoms with Gasteiger partial charge in [-0.2, -0.15) is 9.55 Å². The highest BCUT2D eigenvalue weighted by Crippen LogP contribution is 2.40. The summed E-state index contributed by atoms with van der Waals surface area (Å²) in [5, 5.41) is 15.6. The maximum absolute atomic E-state index is 13.0.